The molecule has 1 aliphatic carbocycles. The van der Waals surface area contributed by atoms with E-state index in [9.17, 15) is 0 Å². The zero-order valence-corrected chi connectivity index (χ0v) is 15.6. The van der Waals surface area contributed by atoms with Gasteiger partial charge in [-0.2, -0.15) is 0 Å². The molecule has 4 heterocycles. The molecular weight excluding hydrogens is 356 g/mol. The van der Waals surface area contributed by atoms with Gasteiger partial charge in [-0.25, -0.2) is 15.0 Å². The zero-order chi connectivity index (χ0) is 18.4. The van der Waals surface area contributed by atoms with Gasteiger partial charge in [0.05, 0.1) is 15.9 Å². The van der Waals surface area contributed by atoms with E-state index in [4.69, 9.17) is 10.7 Å². The molecule has 0 aromatic carbocycles. The van der Waals surface area contributed by atoms with Crippen molar-refractivity contribution in [3.63, 3.8) is 0 Å². The summed E-state index contributed by atoms with van der Waals surface area (Å²) in [5.74, 6) is 1.48. The van der Waals surface area contributed by atoms with E-state index in [2.05, 4.69) is 26.3 Å². The van der Waals surface area contributed by atoms with Crippen LogP contribution >= 0.6 is 11.3 Å². The molecule has 6 nitrogen and oxygen atoms in total. The Balaban J connectivity index is 1.47. The van der Waals surface area contributed by atoms with Crippen molar-refractivity contribution in [2.75, 3.05) is 5.32 Å². The average molecular weight is 374 g/mol. The monoisotopic (exact) mass is 374 g/mol. The second-order valence-electron chi connectivity index (χ2n) is 6.74. The number of hydrogen-bond acceptors (Lipinski definition) is 7. The summed E-state index contributed by atoms with van der Waals surface area (Å²) in [5.41, 5.74) is 11.3. The highest BCUT2D eigenvalue weighted by atomic mass is 32.1. The molecular formula is C20H18N6S. The molecule has 0 bridgehead atoms. The van der Waals surface area contributed by atoms with Crippen molar-refractivity contribution in [3.8, 4) is 10.7 Å². The van der Waals surface area contributed by atoms with Gasteiger partial charge in [-0.05, 0) is 43.0 Å². The molecule has 5 rings (SSSR count). The lowest BCUT2D eigenvalue weighted by atomic mass is 10.2. The zero-order valence-electron chi connectivity index (χ0n) is 14.8. The number of nitrogens with zero attached hydrogens (tertiary/aromatic N) is 4. The Morgan fingerprint density at radius 2 is 2.07 bits per heavy atom. The number of nitrogens with two attached hydrogens (primary N) is 1. The summed E-state index contributed by atoms with van der Waals surface area (Å²) in [6, 6.07) is 10.0. The van der Waals surface area contributed by atoms with Crippen LogP contribution in [-0.2, 0) is 6.42 Å². The predicted octanol–water partition coefficient (Wildman–Crippen LogP) is 4.15. The van der Waals surface area contributed by atoms with E-state index >= 15 is 0 Å². The van der Waals surface area contributed by atoms with E-state index in [0.717, 1.165) is 56.7 Å². The molecule has 4 aromatic heterocycles. The summed E-state index contributed by atoms with van der Waals surface area (Å²) >= 11 is 1.60. The van der Waals surface area contributed by atoms with Gasteiger partial charge in [0.2, 0.25) is 0 Å². The van der Waals surface area contributed by atoms with Gasteiger partial charge in [-0.3, -0.25) is 4.98 Å². The van der Waals surface area contributed by atoms with Crippen LogP contribution in [0.25, 0.3) is 20.9 Å². The lowest BCUT2D eigenvalue weighted by molar-refractivity contribution is 0.698. The van der Waals surface area contributed by atoms with Crippen molar-refractivity contribution < 1.29 is 0 Å². The van der Waals surface area contributed by atoms with E-state index in [1.807, 2.05) is 37.4 Å². The van der Waals surface area contributed by atoms with Crippen LogP contribution in [-0.4, -0.2) is 19.9 Å². The number of hydrogen-bond donors (Lipinski definition) is 2. The summed E-state index contributed by atoms with van der Waals surface area (Å²) in [5, 5.41) is 4.18. The van der Waals surface area contributed by atoms with Gasteiger partial charge in [0.1, 0.15) is 22.3 Å². The molecule has 0 spiro atoms. The summed E-state index contributed by atoms with van der Waals surface area (Å²) in [6.45, 7) is 2.05. The van der Waals surface area contributed by atoms with Crippen LogP contribution in [0.5, 0.6) is 0 Å². The standard InChI is InChI=1S/C20H18N6S/c1-11-3-2-8-22-18(11)20-24-14-9-17(23-10-15(14)27-20)25-16-7-5-12-4-6-13(21)19(12)26-16/h2-3,5,7-10,13H,4,6,21H2,1H3,(H,23,25,26)/t13-/m1/s1. The van der Waals surface area contributed by atoms with Crippen molar-refractivity contribution in [3.05, 3.63) is 59.5 Å². The quantitative estimate of drug-likeness (QED) is 0.560. The minimum atomic E-state index is 0.0277. The van der Waals surface area contributed by atoms with Crippen LogP contribution in [0, 0.1) is 6.92 Å². The van der Waals surface area contributed by atoms with E-state index in [1.54, 1.807) is 17.5 Å². The molecule has 7 heteroatoms. The Morgan fingerprint density at radius 3 is 2.96 bits per heavy atom. The molecule has 0 amide bonds. The smallest absolute Gasteiger partial charge is 0.143 e. The first-order valence-corrected chi connectivity index (χ1v) is 9.70. The Hall–Kier alpha value is -2.90. The summed E-state index contributed by atoms with van der Waals surface area (Å²) in [6.07, 6.45) is 5.60. The Morgan fingerprint density at radius 1 is 1.15 bits per heavy atom. The fourth-order valence-electron chi connectivity index (χ4n) is 3.40. The van der Waals surface area contributed by atoms with E-state index in [-0.39, 0.29) is 6.04 Å². The molecule has 0 saturated carbocycles. The van der Waals surface area contributed by atoms with Gasteiger partial charge in [-0.1, -0.05) is 12.1 Å². The molecule has 0 radical (unpaired) electrons. The third kappa shape index (κ3) is 2.94. The second-order valence-corrected chi connectivity index (χ2v) is 7.77. The highest BCUT2D eigenvalue weighted by Gasteiger charge is 2.20. The second kappa shape index (κ2) is 6.37. The number of rotatable bonds is 3. The van der Waals surface area contributed by atoms with Crippen LogP contribution in [0.2, 0.25) is 0 Å². The number of nitrogens with one attached hydrogen (secondary N) is 1. The maximum atomic E-state index is 6.13. The number of aromatic nitrogens is 4. The fourth-order valence-corrected chi connectivity index (χ4v) is 4.38. The SMILES string of the molecule is Cc1cccnc1-c1nc2cc(Nc3ccc4c(n3)[C@H](N)CC4)ncc2s1. The summed E-state index contributed by atoms with van der Waals surface area (Å²) in [7, 11) is 0. The van der Waals surface area contributed by atoms with Gasteiger partial charge in [0.25, 0.3) is 0 Å². The maximum absolute atomic E-state index is 6.13. The lowest BCUT2D eigenvalue weighted by Gasteiger charge is -2.08. The lowest BCUT2D eigenvalue weighted by Crippen LogP contribution is -2.08. The molecule has 0 fully saturated rings. The predicted molar refractivity (Wildman–Crippen MR) is 108 cm³/mol. The Bertz CT molecular complexity index is 1150. The average Bonchev–Trinajstić information content (AvgIpc) is 3.25. The van der Waals surface area contributed by atoms with Crippen molar-refractivity contribution >= 4 is 33.2 Å². The molecule has 134 valence electrons. The summed E-state index contributed by atoms with van der Waals surface area (Å²) in [4.78, 5) is 18.4. The first-order valence-electron chi connectivity index (χ1n) is 8.88. The summed E-state index contributed by atoms with van der Waals surface area (Å²) < 4.78 is 1.03. The van der Waals surface area contributed by atoms with Crippen molar-refractivity contribution in [2.45, 2.75) is 25.8 Å². The van der Waals surface area contributed by atoms with E-state index < -0.39 is 0 Å². The Labute approximate surface area is 160 Å². The van der Waals surface area contributed by atoms with Crippen LogP contribution in [0.1, 0.15) is 29.3 Å². The third-order valence-electron chi connectivity index (χ3n) is 4.83. The third-order valence-corrected chi connectivity index (χ3v) is 5.84. The van der Waals surface area contributed by atoms with Gasteiger partial charge < -0.3 is 11.1 Å². The largest absolute Gasteiger partial charge is 0.325 e. The van der Waals surface area contributed by atoms with Gasteiger partial charge in [-0.15, -0.1) is 11.3 Å². The van der Waals surface area contributed by atoms with Crippen LogP contribution < -0.4 is 11.1 Å². The molecule has 0 aliphatic heterocycles. The fraction of sp³-hybridized carbons (Fsp3) is 0.200. The number of pyridine rings is 3. The maximum Gasteiger partial charge on any atom is 0.143 e. The highest BCUT2D eigenvalue weighted by Crippen LogP contribution is 2.32. The topological polar surface area (TPSA) is 89.6 Å². The minimum Gasteiger partial charge on any atom is -0.325 e. The van der Waals surface area contributed by atoms with E-state index in [1.165, 1.54) is 5.56 Å². The van der Waals surface area contributed by atoms with Gasteiger partial charge in [0.15, 0.2) is 0 Å². The van der Waals surface area contributed by atoms with Crippen LogP contribution in [0.4, 0.5) is 11.6 Å². The first kappa shape index (κ1) is 16.3. The van der Waals surface area contributed by atoms with Crippen molar-refractivity contribution in [2.24, 2.45) is 5.73 Å². The normalized spacial score (nSPS) is 15.9. The number of thiazole rings is 1. The van der Waals surface area contributed by atoms with Crippen molar-refractivity contribution in [1.29, 1.82) is 0 Å². The first-order chi connectivity index (χ1) is 13.2. The minimum absolute atomic E-state index is 0.0277. The van der Waals surface area contributed by atoms with Gasteiger partial charge >= 0.3 is 0 Å². The number of fused-ring (bicyclic) bond motifs is 2. The van der Waals surface area contributed by atoms with Crippen LogP contribution in [0.3, 0.4) is 0 Å². The highest BCUT2D eigenvalue weighted by molar-refractivity contribution is 7.21. The molecule has 0 saturated heterocycles. The van der Waals surface area contributed by atoms with Gasteiger partial charge in [0, 0.05) is 24.5 Å². The van der Waals surface area contributed by atoms with Crippen molar-refractivity contribution in [1.82, 2.24) is 19.9 Å². The molecule has 0 unspecified atom stereocenters. The molecule has 27 heavy (non-hydrogen) atoms. The van der Waals surface area contributed by atoms with E-state index in [0.29, 0.717) is 0 Å². The number of anilines is 2. The molecule has 4 aromatic rings. The molecule has 3 N–H and O–H groups in total. The number of aryl methyl sites for hydroxylation is 2. The van der Waals surface area contributed by atoms with Crippen LogP contribution in [0.15, 0.2) is 42.7 Å². The molecule has 1 atom stereocenters. The molecule has 1 aliphatic rings. The Kier molecular flexibility index (Phi) is 3.84.